The van der Waals surface area contributed by atoms with Gasteiger partial charge in [0, 0.05) is 12.4 Å². The van der Waals surface area contributed by atoms with Gasteiger partial charge in [0.15, 0.2) is 0 Å². The summed E-state index contributed by atoms with van der Waals surface area (Å²) in [5, 5.41) is 4.16. The quantitative estimate of drug-likeness (QED) is 0.563. The molecule has 0 aromatic carbocycles. The maximum atomic E-state index is 4.18. The van der Waals surface area contributed by atoms with Crippen molar-refractivity contribution < 1.29 is 0 Å². The number of hydrogen-bond donors (Lipinski definition) is 0. The summed E-state index contributed by atoms with van der Waals surface area (Å²) in [6.07, 6.45) is 5.47. The molecule has 0 radical (unpaired) electrons. The molecular formula is C8H9N3. The standard InChI is InChI=1S/C8H9N3/c1-6-5-10-11-4-3-9-7(2)8(6)11/h3-5H,1-2H3. The molecular weight excluding hydrogens is 138 g/mol. The number of aryl methyl sites for hydroxylation is 2. The van der Waals surface area contributed by atoms with E-state index in [2.05, 4.69) is 10.1 Å². The zero-order valence-electron chi connectivity index (χ0n) is 6.57. The van der Waals surface area contributed by atoms with E-state index in [1.165, 1.54) is 5.56 Å². The van der Waals surface area contributed by atoms with Crippen molar-refractivity contribution >= 4 is 5.52 Å². The van der Waals surface area contributed by atoms with Crippen molar-refractivity contribution in [3.05, 3.63) is 29.8 Å². The highest BCUT2D eigenvalue weighted by molar-refractivity contribution is 5.56. The largest absolute Gasteiger partial charge is 0.258 e. The van der Waals surface area contributed by atoms with Gasteiger partial charge in [-0.2, -0.15) is 5.10 Å². The lowest BCUT2D eigenvalue weighted by Crippen LogP contribution is -1.91. The van der Waals surface area contributed by atoms with E-state index in [1.807, 2.05) is 30.8 Å². The van der Waals surface area contributed by atoms with E-state index in [0.717, 1.165) is 11.2 Å². The minimum atomic E-state index is 1.03. The zero-order valence-corrected chi connectivity index (χ0v) is 6.57. The third-order valence-electron chi connectivity index (χ3n) is 1.80. The first-order valence-electron chi connectivity index (χ1n) is 3.54. The van der Waals surface area contributed by atoms with Gasteiger partial charge >= 0.3 is 0 Å². The highest BCUT2D eigenvalue weighted by Gasteiger charge is 2.01. The fourth-order valence-corrected chi connectivity index (χ4v) is 1.28. The number of hydrogen-bond acceptors (Lipinski definition) is 2. The van der Waals surface area contributed by atoms with Crippen LogP contribution in [0.1, 0.15) is 11.3 Å². The molecule has 0 aliphatic rings. The Hall–Kier alpha value is -1.38. The van der Waals surface area contributed by atoms with E-state index in [4.69, 9.17) is 0 Å². The van der Waals surface area contributed by atoms with E-state index >= 15 is 0 Å². The van der Waals surface area contributed by atoms with E-state index in [9.17, 15) is 0 Å². The van der Waals surface area contributed by atoms with Gasteiger partial charge in [-0.25, -0.2) is 4.52 Å². The number of aromatic nitrogens is 3. The number of rotatable bonds is 0. The van der Waals surface area contributed by atoms with E-state index in [1.54, 1.807) is 6.20 Å². The summed E-state index contributed by atoms with van der Waals surface area (Å²) in [5.74, 6) is 0. The van der Waals surface area contributed by atoms with Crippen molar-refractivity contribution in [3.63, 3.8) is 0 Å². The molecule has 2 heterocycles. The van der Waals surface area contributed by atoms with Crippen molar-refractivity contribution in [2.75, 3.05) is 0 Å². The first-order chi connectivity index (χ1) is 5.29. The average Bonchev–Trinajstić information content (AvgIpc) is 2.34. The molecule has 0 unspecified atom stereocenters. The Morgan fingerprint density at radius 1 is 1.36 bits per heavy atom. The first-order valence-corrected chi connectivity index (χ1v) is 3.54. The maximum absolute atomic E-state index is 4.18. The van der Waals surface area contributed by atoms with Crippen LogP contribution in [0.25, 0.3) is 5.52 Å². The van der Waals surface area contributed by atoms with Gasteiger partial charge in [-0.15, -0.1) is 0 Å². The van der Waals surface area contributed by atoms with Gasteiger partial charge < -0.3 is 0 Å². The van der Waals surface area contributed by atoms with Crippen LogP contribution in [0.3, 0.4) is 0 Å². The van der Waals surface area contributed by atoms with Crippen LogP contribution in [0, 0.1) is 13.8 Å². The summed E-state index contributed by atoms with van der Waals surface area (Å²) >= 11 is 0. The van der Waals surface area contributed by atoms with Gasteiger partial charge in [0.25, 0.3) is 0 Å². The molecule has 0 atom stereocenters. The van der Waals surface area contributed by atoms with Crippen LogP contribution >= 0.6 is 0 Å². The summed E-state index contributed by atoms with van der Waals surface area (Å²) in [5.41, 5.74) is 3.32. The zero-order chi connectivity index (χ0) is 7.84. The van der Waals surface area contributed by atoms with Crippen LogP contribution in [0.4, 0.5) is 0 Å². The Kier molecular flexibility index (Phi) is 1.18. The van der Waals surface area contributed by atoms with E-state index in [-0.39, 0.29) is 0 Å². The average molecular weight is 147 g/mol. The predicted octanol–water partition coefficient (Wildman–Crippen LogP) is 1.35. The monoisotopic (exact) mass is 147 g/mol. The molecule has 0 N–H and O–H groups in total. The first kappa shape index (κ1) is 6.34. The second-order valence-corrected chi connectivity index (χ2v) is 2.63. The third-order valence-corrected chi connectivity index (χ3v) is 1.80. The molecule has 0 fully saturated rings. The third kappa shape index (κ3) is 0.808. The molecule has 0 aliphatic carbocycles. The summed E-state index contributed by atoms with van der Waals surface area (Å²) < 4.78 is 1.84. The molecule has 0 aliphatic heterocycles. The molecule has 56 valence electrons. The Balaban J connectivity index is 2.96. The second-order valence-electron chi connectivity index (χ2n) is 2.63. The van der Waals surface area contributed by atoms with E-state index < -0.39 is 0 Å². The van der Waals surface area contributed by atoms with E-state index in [0.29, 0.717) is 0 Å². The smallest absolute Gasteiger partial charge is 0.0903 e. The fourth-order valence-electron chi connectivity index (χ4n) is 1.28. The molecule has 2 rings (SSSR count). The lowest BCUT2D eigenvalue weighted by molar-refractivity contribution is 0.934. The molecule has 2 aromatic heterocycles. The molecule has 11 heavy (non-hydrogen) atoms. The summed E-state index contributed by atoms with van der Waals surface area (Å²) in [4.78, 5) is 4.18. The van der Waals surface area contributed by atoms with Crippen molar-refractivity contribution in [2.45, 2.75) is 13.8 Å². The van der Waals surface area contributed by atoms with Crippen LogP contribution in [-0.2, 0) is 0 Å². The minimum Gasteiger partial charge on any atom is -0.258 e. The molecule has 0 saturated heterocycles. The van der Waals surface area contributed by atoms with Gasteiger partial charge in [0.2, 0.25) is 0 Å². The SMILES string of the molecule is Cc1cnn2ccnc(C)c12. The summed E-state index contributed by atoms with van der Waals surface area (Å²) in [6, 6.07) is 0. The second kappa shape index (κ2) is 2.05. The molecule has 0 spiro atoms. The van der Waals surface area contributed by atoms with Gasteiger partial charge in [0.1, 0.15) is 0 Å². The van der Waals surface area contributed by atoms with Crippen LogP contribution in [0.15, 0.2) is 18.6 Å². The molecule has 0 bridgehead atoms. The highest BCUT2D eigenvalue weighted by Crippen LogP contribution is 2.10. The summed E-state index contributed by atoms with van der Waals surface area (Å²) in [7, 11) is 0. The predicted molar refractivity (Wildman–Crippen MR) is 42.5 cm³/mol. The van der Waals surface area contributed by atoms with Gasteiger partial charge in [0.05, 0.1) is 17.4 Å². The van der Waals surface area contributed by atoms with Gasteiger partial charge in [-0.3, -0.25) is 4.98 Å². The van der Waals surface area contributed by atoms with Crippen LogP contribution in [-0.4, -0.2) is 14.6 Å². The Labute approximate surface area is 64.7 Å². The molecule has 3 nitrogen and oxygen atoms in total. The Morgan fingerprint density at radius 2 is 2.18 bits per heavy atom. The van der Waals surface area contributed by atoms with Crippen LogP contribution in [0.5, 0.6) is 0 Å². The number of fused-ring (bicyclic) bond motifs is 1. The van der Waals surface area contributed by atoms with Crippen molar-refractivity contribution in [2.24, 2.45) is 0 Å². The minimum absolute atomic E-state index is 1.03. The van der Waals surface area contributed by atoms with Crippen molar-refractivity contribution in [3.8, 4) is 0 Å². The van der Waals surface area contributed by atoms with Crippen LogP contribution < -0.4 is 0 Å². The van der Waals surface area contributed by atoms with Crippen molar-refractivity contribution in [1.29, 1.82) is 0 Å². The van der Waals surface area contributed by atoms with Gasteiger partial charge in [-0.05, 0) is 19.4 Å². The summed E-state index contributed by atoms with van der Waals surface area (Å²) in [6.45, 7) is 4.03. The van der Waals surface area contributed by atoms with Gasteiger partial charge in [-0.1, -0.05) is 0 Å². The topological polar surface area (TPSA) is 30.2 Å². The maximum Gasteiger partial charge on any atom is 0.0903 e. The highest BCUT2D eigenvalue weighted by atomic mass is 15.2. The Bertz CT molecular complexity index is 389. The molecule has 0 saturated carbocycles. The molecule has 3 heteroatoms. The fraction of sp³-hybridized carbons (Fsp3) is 0.250. The van der Waals surface area contributed by atoms with Crippen LogP contribution in [0.2, 0.25) is 0 Å². The molecule has 0 amide bonds. The molecule has 2 aromatic rings. The Morgan fingerprint density at radius 3 is 2.91 bits per heavy atom. The van der Waals surface area contributed by atoms with Crippen molar-refractivity contribution in [1.82, 2.24) is 14.6 Å². The lowest BCUT2D eigenvalue weighted by atomic mass is 10.3. The lowest BCUT2D eigenvalue weighted by Gasteiger charge is -1.95. The number of nitrogens with zero attached hydrogens (tertiary/aromatic N) is 3. The normalized spacial score (nSPS) is 10.7.